The molecule has 1 aromatic carbocycles. The van der Waals surface area contributed by atoms with E-state index in [0.717, 1.165) is 47.2 Å². The summed E-state index contributed by atoms with van der Waals surface area (Å²) in [5, 5.41) is 12.1. The zero-order chi connectivity index (χ0) is 30.7. The van der Waals surface area contributed by atoms with Crippen LogP contribution in [-0.4, -0.2) is 79.4 Å². The fourth-order valence-corrected chi connectivity index (χ4v) is 7.86. The Morgan fingerprint density at radius 2 is 1.84 bits per heavy atom. The molecule has 0 unspecified atom stereocenters. The number of hydrogen-bond donors (Lipinski definition) is 2. The van der Waals surface area contributed by atoms with Crippen molar-refractivity contribution in [1.82, 2.24) is 39.7 Å². The maximum absolute atomic E-state index is 13.2. The Kier molecular flexibility index (Phi) is 6.61. The van der Waals surface area contributed by atoms with E-state index >= 15 is 0 Å². The summed E-state index contributed by atoms with van der Waals surface area (Å²) in [5.74, 6) is 0.615. The summed E-state index contributed by atoms with van der Waals surface area (Å²) in [6, 6.07) is 9.61. The highest BCUT2D eigenvalue weighted by Gasteiger charge is 2.46. The van der Waals surface area contributed by atoms with Gasteiger partial charge >= 0.3 is 0 Å². The van der Waals surface area contributed by atoms with Crippen LogP contribution in [0.25, 0.3) is 28.0 Å². The molecule has 226 valence electrons. The molecule has 1 amide bonds. The number of nitrogens with one attached hydrogen (secondary N) is 1. The quantitative estimate of drug-likeness (QED) is 0.289. The first-order valence-electron chi connectivity index (χ1n) is 14.3. The first kappa shape index (κ1) is 28.0. The van der Waals surface area contributed by atoms with Crippen LogP contribution in [0.3, 0.4) is 0 Å². The zero-order valence-corrected chi connectivity index (χ0v) is 25.2. The lowest BCUT2D eigenvalue weighted by atomic mass is 9.87. The number of amides is 1. The molecule has 2 bridgehead atoms. The van der Waals surface area contributed by atoms with Gasteiger partial charge in [-0.05, 0) is 62.4 Å². The maximum atomic E-state index is 13.2. The van der Waals surface area contributed by atoms with Gasteiger partial charge in [0, 0.05) is 47.1 Å². The van der Waals surface area contributed by atoms with Crippen molar-refractivity contribution in [2.75, 3.05) is 19.1 Å². The number of pyridine rings is 1. The monoisotopic (exact) mass is 613 g/mol. The number of aromatic nitrogens is 7. The topological polar surface area (TPSA) is 174 Å². The maximum Gasteiger partial charge on any atom is 0.292 e. The third kappa shape index (κ3) is 4.56. The number of carbonyl (C=O) groups excluding carboxylic acids is 1. The van der Waals surface area contributed by atoms with Crippen LogP contribution in [0.4, 0.5) is 5.82 Å². The van der Waals surface area contributed by atoms with Gasteiger partial charge < -0.3 is 20.4 Å². The predicted octanol–water partition coefficient (Wildman–Crippen LogP) is 3.43. The van der Waals surface area contributed by atoms with Gasteiger partial charge in [0.1, 0.15) is 22.8 Å². The number of H-pyrrole nitrogens is 1. The lowest BCUT2D eigenvalue weighted by Gasteiger charge is -2.38. The third-order valence-electron chi connectivity index (χ3n) is 8.77. The predicted molar refractivity (Wildman–Crippen MR) is 162 cm³/mol. The van der Waals surface area contributed by atoms with Gasteiger partial charge in [0.25, 0.3) is 5.91 Å². The number of hydrogen-bond acceptors (Lipinski definition) is 10. The van der Waals surface area contributed by atoms with E-state index in [0.29, 0.717) is 29.7 Å². The van der Waals surface area contributed by atoms with Crippen molar-refractivity contribution >= 4 is 27.2 Å². The van der Waals surface area contributed by atoms with Crippen LogP contribution in [0.1, 0.15) is 53.5 Å². The van der Waals surface area contributed by atoms with E-state index in [-0.39, 0.29) is 40.4 Å². The average Bonchev–Trinajstić information content (AvgIpc) is 3.75. The standard InChI is InChI=1S/C30H31N9O4S/c1-16-10-17(5-9-24(16)43-2)23-8-4-18(13-32-23)22-14-35-39-27(31)26(44(3,41)42)25(36-29(22)39)19-11-20-6-7-21(12-19)38(20)30(40)28-33-15-34-37-28/h4-5,8-10,13-15,19-21H,6-7,11-12,31H2,1-3H3,(H,33,34,37)/t19-,20+,21-. The van der Waals surface area contributed by atoms with Crippen molar-refractivity contribution in [3.05, 3.63) is 66.1 Å². The first-order valence-corrected chi connectivity index (χ1v) is 16.2. The van der Waals surface area contributed by atoms with E-state index < -0.39 is 9.84 Å². The van der Waals surface area contributed by atoms with Crippen LogP contribution in [0.2, 0.25) is 0 Å². The van der Waals surface area contributed by atoms with Gasteiger partial charge in [0.05, 0.1) is 24.7 Å². The van der Waals surface area contributed by atoms with Crippen molar-refractivity contribution in [2.45, 2.75) is 55.5 Å². The number of benzene rings is 1. The summed E-state index contributed by atoms with van der Waals surface area (Å²) in [6.45, 7) is 1.98. The van der Waals surface area contributed by atoms with Crippen LogP contribution >= 0.6 is 0 Å². The molecule has 2 aliphatic rings. The molecule has 14 heteroatoms. The number of nitrogens with zero attached hydrogens (tertiary/aromatic N) is 7. The SMILES string of the molecule is COc1ccc(-c2ccc(-c3cnn4c(N)c(S(C)(=O)=O)c([C@H]5C[C@H]6CC[C@@H](C5)N6C(=O)c5nnc[nH]5)nc34)cn2)cc1C. The van der Waals surface area contributed by atoms with Crippen molar-refractivity contribution in [3.63, 3.8) is 0 Å². The largest absolute Gasteiger partial charge is 0.496 e. The Hall–Kier alpha value is -4.85. The van der Waals surface area contributed by atoms with E-state index in [2.05, 4.69) is 20.3 Å². The van der Waals surface area contributed by atoms with Gasteiger partial charge in [-0.1, -0.05) is 6.07 Å². The van der Waals surface area contributed by atoms with Crippen molar-refractivity contribution in [3.8, 4) is 28.1 Å². The summed E-state index contributed by atoms with van der Waals surface area (Å²) < 4.78 is 33.0. The molecule has 6 heterocycles. The van der Waals surface area contributed by atoms with Gasteiger partial charge in [0.2, 0.25) is 5.82 Å². The number of methoxy groups -OCH3 is 1. The normalized spacial score (nSPS) is 19.9. The Balaban J connectivity index is 1.26. The second-order valence-electron chi connectivity index (χ2n) is 11.5. The van der Waals surface area contributed by atoms with Gasteiger partial charge in [-0.25, -0.2) is 13.4 Å². The molecule has 4 aromatic heterocycles. The fourth-order valence-electron chi connectivity index (χ4n) is 6.80. The van der Waals surface area contributed by atoms with Crippen LogP contribution in [-0.2, 0) is 9.84 Å². The number of aryl methyl sites for hydroxylation is 1. The molecular formula is C30H31N9O4S. The minimum atomic E-state index is -3.76. The van der Waals surface area contributed by atoms with Gasteiger partial charge in [0.15, 0.2) is 15.5 Å². The van der Waals surface area contributed by atoms with Crippen LogP contribution in [0, 0.1) is 6.92 Å². The minimum absolute atomic E-state index is 0.0117. The number of nitrogens with two attached hydrogens (primary N) is 1. The number of anilines is 1. The van der Waals surface area contributed by atoms with Crippen LogP contribution in [0.5, 0.6) is 5.75 Å². The van der Waals surface area contributed by atoms with Crippen molar-refractivity contribution < 1.29 is 17.9 Å². The van der Waals surface area contributed by atoms with Gasteiger partial charge in [-0.3, -0.25) is 9.78 Å². The third-order valence-corrected chi connectivity index (χ3v) is 9.93. The molecule has 13 nitrogen and oxygen atoms in total. The second kappa shape index (κ2) is 10.4. The molecule has 0 spiro atoms. The van der Waals surface area contributed by atoms with E-state index in [1.54, 1.807) is 19.5 Å². The van der Waals surface area contributed by atoms with E-state index in [1.165, 1.54) is 10.8 Å². The number of rotatable bonds is 6. The summed E-state index contributed by atoms with van der Waals surface area (Å²) in [4.78, 5) is 27.5. The smallest absolute Gasteiger partial charge is 0.292 e. The highest BCUT2D eigenvalue weighted by Crippen LogP contribution is 2.45. The summed E-state index contributed by atoms with van der Waals surface area (Å²) >= 11 is 0. The molecular weight excluding hydrogens is 582 g/mol. The molecule has 2 saturated heterocycles. The Morgan fingerprint density at radius 1 is 1.09 bits per heavy atom. The van der Waals surface area contributed by atoms with Crippen LogP contribution < -0.4 is 10.5 Å². The Morgan fingerprint density at radius 3 is 2.45 bits per heavy atom. The number of sulfone groups is 1. The molecule has 3 N–H and O–H groups in total. The zero-order valence-electron chi connectivity index (χ0n) is 24.4. The number of ether oxygens (including phenoxy) is 1. The summed E-state index contributed by atoms with van der Waals surface area (Å²) in [5.41, 5.74) is 11.6. The molecule has 5 aromatic rings. The number of piperidine rings is 1. The molecule has 0 saturated carbocycles. The molecule has 7 rings (SSSR count). The lowest BCUT2D eigenvalue weighted by Crippen LogP contribution is -2.46. The van der Waals surface area contributed by atoms with Crippen molar-refractivity contribution in [2.24, 2.45) is 0 Å². The summed E-state index contributed by atoms with van der Waals surface area (Å²) in [7, 11) is -2.11. The lowest BCUT2D eigenvalue weighted by molar-refractivity contribution is 0.0556. The van der Waals surface area contributed by atoms with Crippen LogP contribution in [0.15, 0.2) is 53.9 Å². The van der Waals surface area contributed by atoms with E-state index in [4.69, 9.17) is 20.4 Å². The minimum Gasteiger partial charge on any atom is -0.496 e. The molecule has 0 radical (unpaired) electrons. The Labute approximate surface area is 253 Å². The highest BCUT2D eigenvalue weighted by molar-refractivity contribution is 7.91. The Bertz CT molecular complexity index is 1990. The molecule has 0 aliphatic carbocycles. The first-order chi connectivity index (χ1) is 21.1. The number of nitrogen functional groups attached to an aromatic ring is 1. The van der Waals surface area contributed by atoms with E-state index in [9.17, 15) is 13.2 Å². The molecule has 2 aliphatic heterocycles. The second-order valence-corrected chi connectivity index (χ2v) is 13.4. The van der Waals surface area contributed by atoms with Crippen molar-refractivity contribution in [1.29, 1.82) is 0 Å². The number of aromatic amines is 1. The van der Waals surface area contributed by atoms with Gasteiger partial charge in [-0.2, -0.15) is 9.61 Å². The number of fused-ring (bicyclic) bond motifs is 3. The summed E-state index contributed by atoms with van der Waals surface area (Å²) in [6.07, 6.45) is 8.65. The molecule has 44 heavy (non-hydrogen) atoms. The number of carbonyl (C=O) groups is 1. The average molecular weight is 614 g/mol. The molecule has 2 fully saturated rings. The van der Waals surface area contributed by atoms with E-state index in [1.807, 2.05) is 42.2 Å². The highest BCUT2D eigenvalue weighted by atomic mass is 32.2. The van der Waals surface area contributed by atoms with Gasteiger partial charge in [-0.15, -0.1) is 10.2 Å². The molecule has 3 atom stereocenters. The fraction of sp³-hybridized carbons (Fsp3) is 0.333.